The zero-order chi connectivity index (χ0) is 8.27. The summed E-state index contributed by atoms with van der Waals surface area (Å²) in [6.07, 6.45) is 0. The van der Waals surface area contributed by atoms with Crippen LogP contribution in [0.4, 0.5) is 5.69 Å². The van der Waals surface area contributed by atoms with Gasteiger partial charge in [-0.2, -0.15) is 0 Å². The SMILES string of the molecule is Cc1cccc(C)c1N[SiH2][SiH3]. The van der Waals surface area contributed by atoms with Gasteiger partial charge in [-0.05, 0) is 25.0 Å². The third-order valence-electron chi connectivity index (χ3n) is 1.83. The molecule has 0 saturated carbocycles. The third-order valence-corrected chi connectivity index (χ3v) is 3.60. The van der Waals surface area contributed by atoms with Crippen molar-refractivity contribution in [3.05, 3.63) is 29.3 Å². The van der Waals surface area contributed by atoms with Gasteiger partial charge in [-0.3, -0.25) is 0 Å². The number of nitrogens with one attached hydrogen (secondary N) is 1. The van der Waals surface area contributed by atoms with Gasteiger partial charge in [0.1, 0.15) is 0 Å². The number of aryl methyl sites for hydroxylation is 2. The fourth-order valence-electron chi connectivity index (χ4n) is 1.27. The second kappa shape index (κ2) is 3.73. The summed E-state index contributed by atoms with van der Waals surface area (Å²) in [6.45, 7) is 4.34. The molecule has 0 heterocycles. The van der Waals surface area contributed by atoms with E-state index in [1.807, 2.05) is 0 Å². The summed E-state index contributed by atoms with van der Waals surface area (Å²) >= 11 is 0. The van der Waals surface area contributed by atoms with Crippen molar-refractivity contribution in [2.24, 2.45) is 0 Å². The predicted octanol–water partition coefficient (Wildman–Crippen LogP) is 0.0795. The summed E-state index contributed by atoms with van der Waals surface area (Å²) in [6, 6.07) is 6.45. The van der Waals surface area contributed by atoms with Crippen LogP contribution >= 0.6 is 0 Å². The second-order valence-electron chi connectivity index (χ2n) is 2.80. The molecule has 11 heavy (non-hydrogen) atoms. The van der Waals surface area contributed by atoms with Crippen LogP contribution in [0.2, 0.25) is 0 Å². The molecule has 0 saturated heterocycles. The Labute approximate surface area is 73.3 Å². The molecule has 1 rings (SSSR count). The van der Waals surface area contributed by atoms with Crippen LogP contribution in [0.1, 0.15) is 11.1 Å². The van der Waals surface area contributed by atoms with E-state index in [1.165, 1.54) is 26.6 Å². The zero-order valence-electron chi connectivity index (χ0n) is 7.44. The smallest absolute Gasteiger partial charge is 0.0995 e. The van der Waals surface area contributed by atoms with Crippen molar-refractivity contribution in [2.75, 3.05) is 4.98 Å². The van der Waals surface area contributed by atoms with Gasteiger partial charge in [0.05, 0.1) is 9.20 Å². The van der Waals surface area contributed by atoms with Crippen molar-refractivity contribution < 1.29 is 0 Å². The molecule has 1 N–H and O–H groups in total. The molecule has 0 atom stereocenters. The van der Waals surface area contributed by atoms with Crippen molar-refractivity contribution in [1.82, 2.24) is 0 Å². The molecule has 0 spiro atoms. The van der Waals surface area contributed by atoms with Gasteiger partial charge in [0.2, 0.25) is 0 Å². The fourth-order valence-corrected chi connectivity index (χ4v) is 3.24. The van der Waals surface area contributed by atoms with Crippen LogP contribution in [0.15, 0.2) is 18.2 Å². The molecule has 1 aromatic carbocycles. The lowest BCUT2D eigenvalue weighted by atomic mass is 10.1. The highest BCUT2D eigenvalue weighted by molar-refractivity contribution is 6.91. The van der Waals surface area contributed by atoms with Crippen LogP contribution < -0.4 is 4.98 Å². The van der Waals surface area contributed by atoms with Crippen molar-refractivity contribution in [3.63, 3.8) is 0 Å². The maximum atomic E-state index is 3.54. The summed E-state index contributed by atoms with van der Waals surface area (Å²) in [5.74, 6) is 0. The van der Waals surface area contributed by atoms with Crippen LogP contribution in [-0.2, 0) is 0 Å². The first-order chi connectivity index (χ1) is 5.25. The Morgan fingerprint density at radius 2 is 1.82 bits per heavy atom. The molecule has 0 amide bonds. The van der Waals surface area contributed by atoms with Crippen molar-refractivity contribution in [2.45, 2.75) is 13.8 Å². The molecule has 0 unspecified atom stereocenters. The van der Waals surface area contributed by atoms with E-state index in [0.29, 0.717) is 0 Å². The quantitative estimate of drug-likeness (QED) is 0.637. The molecule has 0 radical (unpaired) electrons. The summed E-state index contributed by atoms with van der Waals surface area (Å²) in [5.41, 5.74) is 4.15. The summed E-state index contributed by atoms with van der Waals surface area (Å²) in [7, 11) is 1.41. The van der Waals surface area contributed by atoms with Gasteiger partial charge in [0.25, 0.3) is 0 Å². The molecular formula is C8H15NSi2. The highest BCUT2D eigenvalue weighted by atomic mass is 29.1. The first-order valence-corrected chi connectivity index (χ1v) is 10.4. The van der Waals surface area contributed by atoms with E-state index in [-0.39, 0.29) is 9.20 Å². The van der Waals surface area contributed by atoms with Crippen LogP contribution in [-0.4, -0.2) is 19.0 Å². The average Bonchev–Trinajstić information content (AvgIpc) is 1.97. The minimum absolute atomic E-state index is 0.0618. The van der Waals surface area contributed by atoms with E-state index in [1.54, 1.807) is 0 Å². The standard InChI is InChI=1S/C8H15NSi2/c1-6-4-3-5-7(2)8(6)9-11-10/h3-5,9H,11H2,1-2,10H3. The molecule has 0 fully saturated rings. The molecule has 60 valence electrons. The minimum Gasteiger partial charge on any atom is -0.419 e. The summed E-state index contributed by atoms with van der Waals surface area (Å²) in [5, 5.41) is 0. The maximum absolute atomic E-state index is 3.54. The van der Waals surface area contributed by atoms with Crippen LogP contribution in [0, 0.1) is 13.8 Å². The average molecular weight is 181 g/mol. The molecule has 1 aromatic rings. The van der Waals surface area contributed by atoms with E-state index in [4.69, 9.17) is 0 Å². The first kappa shape index (κ1) is 8.55. The monoisotopic (exact) mass is 181 g/mol. The predicted molar refractivity (Wildman–Crippen MR) is 58.0 cm³/mol. The fraction of sp³-hybridized carbons (Fsp3) is 0.250. The maximum Gasteiger partial charge on any atom is 0.0995 e. The van der Waals surface area contributed by atoms with Crippen molar-refractivity contribution in [3.8, 4) is 0 Å². The molecule has 3 heteroatoms. The molecule has 1 nitrogen and oxygen atoms in total. The van der Waals surface area contributed by atoms with Crippen molar-refractivity contribution >= 4 is 24.6 Å². The van der Waals surface area contributed by atoms with Crippen LogP contribution in [0.3, 0.4) is 0 Å². The van der Waals surface area contributed by atoms with Crippen LogP contribution in [0.25, 0.3) is 0 Å². The lowest BCUT2D eigenvalue weighted by Gasteiger charge is -2.09. The number of hydrogen-bond acceptors (Lipinski definition) is 1. The third kappa shape index (κ3) is 1.94. The summed E-state index contributed by atoms with van der Waals surface area (Å²) < 4.78 is 0. The summed E-state index contributed by atoms with van der Waals surface area (Å²) in [4.78, 5) is 3.54. The molecule has 0 aliphatic carbocycles. The van der Waals surface area contributed by atoms with Gasteiger partial charge in [-0.1, -0.05) is 18.2 Å². The Morgan fingerprint density at radius 1 is 1.27 bits per heavy atom. The second-order valence-corrected chi connectivity index (χ2v) is 5.98. The lowest BCUT2D eigenvalue weighted by Crippen LogP contribution is -2.07. The molecule has 0 aliphatic heterocycles. The van der Waals surface area contributed by atoms with Gasteiger partial charge >= 0.3 is 0 Å². The Balaban J connectivity index is 3.00. The molecular weight excluding hydrogens is 166 g/mol. The highest BCUT2D eigenvalue weighted by Crippen LogP contribution is 2.17. The number of para-hydroxylation sites is 1. The normalized spacial score (nSPS) is 11.1. The van der Waals surface area contributed by atoms with Crippen molar-refractivity contribution in [1.29, 1.82) is 0 Å². The molecule has 0 aliphatic rings. The Morgan fingerprint density at radius 3 is 2.27 bits per heavy atom. The molecule has 0 aromatic heterocycles. The van der Waals surface area contributed by atoms with Gasteiger partial charge < -0.3 is 4.98 Å². The Hall–Kier alpha value is -0.546. The van der Waals surface area contributed by atoms with E-state index >= 15 is 0 Å². The Bertz CT molecular complexity index is 228. The topological polar surface area (TPSA) is 12.0 Å². The molecule has 0 bridgehead atoms. The van der Waals surface area contributed by atoms with Gasteiger partial charge in [-0.15, -0.1) is 0 Å². The minimum atomic E-state index is 0.0618. The van der Waals surface area contributed by atoms with Gasteiger partial charge in [-0.25, -0.2) is 0 Å². The van der Waals surface area contributed by atoms with Gasteiger partial charge in [0, 0.05) is 15.4 Å². The van der Waals surface area contributed by atoms with E-state index in [2.05, 4.69) is 37.0 Å². The number of rotatable bonds is 2. The van der Waals surface area contributed by atoms with E-state index in [9.17, 15) is 0 Å². The largest absolute Gasteiger partial charge is 0.419 e. The number of benzene rings is 1. The Kier molecular flexibility index (Phi) is 2.90. The highest BCUT2D eigenvalue weighted by Gasteiger charge is 1.97. The number of hydrogen-bond donors (Lipinski definition) is 1. The number of anilines is 1. The first-order valence-electron chi connectivity index (χ1n) is 4.05. The van der Waals surface area contributed by atoms with Gasteiger partial charge in [0.15, 0.2) is 0 Å². The van der Waals surface area contributed by atoms with Crippen LogP contribution in [0.5, 0.6) is 0 Å². The van der Waals surface area contributed by atoms with E-state index in [0.717, 1.165) is 0 Å². The van der Waals surface area contributed by atoms with E-state index < -0.39 is 0 Å². The zero-order valence-corrected chi connectivity index (χ0v) is 10.9. The lowest BCUT2D eigenvalue weighted by molar-refractivity contribution is 1.39.